The first-order valence-electron chi connectivity index (χ1n) is 5.97. The first kappa shape index (κ1) is 13.6. The minimum absolute atomic E-state index is 0.0370. The Morgan fingerprint density at radius 1 is 1.42 bits per heavy atom. The van der Waals surface area contributed by atoms with Crippen molar-refractivity contribution in [3.63, 3.8) is 0 Å². The zero-order valence-corrected chi connectivity index (χ0v) is 11.8. The van der Waals surface area contributed by atoms with Crippen LogP contribution in [0.15, 0.2) is 35.7 Å². The zero-order valence-electron chi connectivity index (χ0n) is 11.0. The summed E-state index contributed by atoms with van der Waals surface area (Å²) in [5.74, 6) is 5.42. The van der Waals surface area contributed by atoms with Gasteiger partial charge in [0.1, 0.15) is 0 Å². The second kappa shape index (κ2) is 5.86. The van der Waals surface area contributed by atoms with Crippen molar-refractivity contribution >= 4 is 22.9 Å². The summed E-state index contributed by atoms with van der Waals surface area (Å²) >= 11 is 1.64. The first-order valence-corrected chi connectivity index (χ1v) is 6.85. The first-order chi connectivity index (χ1) is 9.11. The average Bonchev–Trinajstić information content (AvgIpc) is 2.90. The van der Waals surface area contributed by atoms with E-state index in [-0.39, 0.29) is 5.91 Å². The van der Waals surface area contributed by atoms with E-state index in [4.69, 9.17) is 5.84 Å². The molecular weight excluding hydrogens is 258 g/mol. The standard InChI is InChI=1S/C14H17N3OS/c1-10-5-6-13(16-15)12(8-10)14(18)17(2)9-11-4-3-7-19-11/h3-8,16H,9,15H2,1-2H3. The van der Waals surface area contributed by atoms with Gasteiger partial charge in [0, 0.05) is 11.9 Å². The van der Waals surface area contributed by atoms with Gasteiger partial charge in [-0.15, -0.1) is 11.3 Å². The van der Waals surface area contributed by atoms with Gasteiger partial charge in [0.25, 0.3) is 5.91 Å². The molecule has 1 amide bonds. The molecular formula is C14H17N3OS. The third kappa shape index (κ3) is 3.13. The molecule has 3 N–H and O–H groups in total. The number of rotatable bonds is 4. The molecule has 4 nitrogen and oxygen atoms in total. The summed E-state index contributed by atoms with van der Waals surface area (Å²) in [5.41, 5.74) is 4.85. The van der Waals surface area contributed by atoms with Crippen molar-refractivity contribution in [3.05, 3.63) is 51.7 Å². The maximum atomic E-state index is 12.4. The van der Waals surface area contributed by atoms with Crippen LogP contribution in [0.25, 0.3) is 0 Å². The van der Waals surface area contributed by atoms with Crippen LogP contribution in [0.3, 0.4) is 0 Å². The largest absolute Gasteiger partial charge is 0.336 e. The van der Waals surface area contributed by atoms with E-state index >= 15 is 0 Å². The number of nitrogens with zero attached hydrogens (tertiary/aromatic N) is 1. The fourth-order valence-electron chi connectivity index (χ4n) is 1.87. The molecule has 0 aliphatic heterocycles. The molecule has 2 rings (SSSR count). The van der Waals surface area contributed by atoms with Crippen LogP contribution in [-0.4, -0.2) is 17.9 Å². The lowest BCUT2D eigenvalue weighted by molar-refractivity contribution is 0.0787. The van der Waals surface area contributed by atoms with Gasteiger partial charge >= 0.3 is 0 Å². The van der Waals surface area contributed by atoms with Crippen LogP contribution in [0.5, 0.6) is 0 Å². The molecule has 0 bridgehead atoms. The Kier molecular flexibility index (Phi) is 4.19. The fraction of sp³-hybridized carbons (Fsp3) is 0.214. The zero-order chi connectivity index (χ0) is 13.8. The highest BCUT2D eigenvalue weighted by atomic mass is 32.1. The third-order valence-corrected chi connectivity index (χ3v) is 3.74. The molecule has 0 spiro atoms. The molecule has 19 heavy (non-hydrogen) atoms. The third-order valence-electron chi connectivity index (χ3n) is 2.88. The summed E-state index contributed by atoms with van der Waals surface area (Å²) in [7, 11) is 1.80. The van der Waals surface area contributed by atoms with Gasteiger partial charge in [0.05, 0.1) is 17.8 Å². The highest BCUT2D eigenvalue weighted by Gasteiger charge is 2.16. The van der Waals surface area contributed by atoms with Gasteiger partial charge in [0.15, 0.2) is 0 Å². The summed E-state index contributed by atoms with van der Waals surface area (Å²) in [5, 5.41) is 2.01. The van der Waals surface area contributed by atoms with E-state index < -0.39 is 0 Å². The van der Waals surface area contributed by atoms with Crippen molar-refractivity contribution < 1.29 is 4.79 Å². The Hall–Kier alpha value is -1.85. The number of hydrogen-bond donors (Lipinski definition) is 2. The maximum absolute atomic E-state index is 12.4. The molecule has 0 aliphatic carbocycles. The molecule has 0 atom stereocenters. The molecule has 0 saturated carbocycles. The van der Waals surface area contributed by atoms with Crippen molar-refractivity contribution in [2.24, 2.45) is 5.84 Å². The molecule has 1 aromatic carbocycles. The Morgan fingerprint density at radius 2 is 2.21 bits per heavy atom. The van der Waals surface area contributed by atoms with Crippen LogP contribution >= 0.6 is 11.3 Å². The van der Waals surface area contributed by atoms with Crippen LogP contribution in [0, 0.1) is 6.92 Å². The van der Waals surface area contributed by atoms with E-state index in [1.807, 2.05) is 42.6 Å². The smallest absolute Gasteiger partial charge is 0.256 e. The number of carbonyl (C=O) groups excluding carboxylic acids is 1. The number of hydrogen-bond acceptors (Lipinski definition) is 4. The van der Waals surface area contributed by atoms with Gasteiger partial charge < -0.3 is 10.3 Å². The fourth-order valence-corrected chi connectivity index (χ4v) is 2.63. The van der Waals surface area contributed by atoms with Gasteiger partial charge in [-0.1, -0.05) is 17.7 Å². The monoisotopic (exact) mass is 275 g/mol. The Balaban J connectivity index is 2.21. The number of carbonyl (C=O) groups is 1. The number of anilines is 1. The van der Waals surface area contributed by atoms with E-state index in [0.29, 0.717) is 17.8 Å². The molecule has 100 valence electrons. The average molecular weight is 275 g/mol. The van der Waals surface area contributed by atoms with Crippen molar-refractivity contribution in [3.8, 4) is 0 Å². The van der Waals surface area contributed by atoms with Gasteiger partial charge in [-0.05, 0) is 30.5 Å². The molecule has 0 fully saturated rings. The molecule has 2 aromatic rings. The molecule has 0 unspecified atom stereocenters. The van der Waals surface area contributed by atoms with Crippen LogP contribution in [-0.2, 0) is 6.54 Å². The normalized spacial score (nSPS) is 10.3. The van der Waals surface area contributed by atoms with Gasteiger partial charge in [-0.2, -0.15) is 0 Å². The summed E-state index contributed by atoms with van der Waals surface area (Å²) in [4.78, 5) is 15.3. The van der Waals surface area contributed by atoms with Crippen molar-refractivity contribution in [1.82, 2.24) is 4.90 Å². The van der Waals surface area contributed by atoms with Crippen LogP contribution < -0.4 is 11.3 Å². The predicted octanol–water partition coefficient (Wildman–Crippen LogP) is 2.61. The number of aryl methyl sites for hydroxylation is 1. The van der Waals surface area contributed by atoms with Crippen LogP contribution in [0.4, 0.5) is 5.69 Å². The van der Waals surface area contributed by atoms with Crippen molar-refractivity contribution in [2.45, 2.75) is 13.5 Å². The van der Waals surface area contributed by atoms with Crippen LogP contribution in [0.2, 0.25) is 0 Å². The molecule has 0 aliphatic rings. The summed E-state index contributed by atoms with van der Waals surface area (Å²) in [6.45, 7) is 2.56. The quantitative estimate of drug-likeness (QED) is 0.666. The number of nitrogen functional groups attached to an aromatic ring is 1. The number of benzene rings is 1. The van der Waals surface area contributed by atoms with Crippen LogP contribution in [0.1, 0.15) is 20.8 Å². The number of hydrazine groups is 1. The second-order valence-corrected chi connectivity index (χ2v) is 5.47. The number of nitrogens with two attached hydrogens (primary N) is 1. The minimum atomic E-state index is -0.0370. The van der Waals surface area contributed by atoms with Gasteiger partial charge in [0.2, 0.25) is 0 Å². The minimum Gasteiger partial charge on any atom is -0.336 e. The molecule has 0 saturated heterocycles. The lowest BCUT2D eigenvalue weighted by atomic mass is 10.1. The topological polar surface area (TPSA) is 58.4 Å². The second-order valence-electron chi connectivity index (χ2n) is 4.43. The summed E-state index contributed by atoms with van der Waals surface area (Å²) in [6, 6.07) is 9.60. The van der Waals surface area contributed by atoms with E-state index in [1.165, 1.54) is 0 Å². The van der Waals surface area contributed by atoms with E-state index in [1.54, 1.807) is 23.3 Å². The molecule has 0 radical (unpaired) electrons. The Bertz CT molecular complexity index is 566. The van der Waals surface area contributed by atoms with E-state index in [0.717, 1.165) is 10.4 Å². The Labute approximate surface area is 116 Å². The SMILES string of the molecule is Cc1ccc(NN)c(C(=O)N(C)Cc2cccs2)c1. The van der Waals surface area contributed by atoms with Crippen molar-refractivity contribution in [1.29, 1.82) is 0 Å². The molecule has 5 heteroatoms. The molecule has 1 heterocycles. The Morgan fingerprint density at radius 3 is 2.84 bits per heavy atom. The van der Waals surface area contributed by atoms with Gasteiger partial charge in [-0.25, -0.2) is 0 Å². The van der Waals surface area contributed by atoms with E-state index in [9.17, 15) is 4.79 Å². The predicted molar refractivity (Wildman–Crippen MR) is 79.1 cm³/mol. The lowest BCUT2D eigenvalue weighted by Crippen LogP contribution is -2.27. The summed E-state index contributed by atoms with van der Waals surface area (Å²) in [6.07, 6.45) is 0. The summed E-state index contributed by atoms with van der Waals surface area (Å²) < 4.78 is 0. The molecule has 1 aromatic heterocycles. The number of nitrogens with one attached hydrogen (secondary N) is 1. The number of thiophene rings is 1. The highest BCUT2D eigenvalue weighted by Crippen LogP contribution is 2.19. The van der Waals surface area contributed by atoms with Crippen molar-refractivity contribution in [2.75, 3.05) is 12.5 Å². The maximum Gasteiger partial charge on any atom is 0.256 e. The van der Waals surface area contributed by atoms with E-state index in [2.05, 4.69) is 5.43 Å². The van der Waals surface area contributed by atoms with Gasteiger partial charge in [-0.3, -0.25) is 10.6 Å². The lowest BCUT2D eigenvalue weighted by Gasteiger charge is -2.18. The number of amides is 1. The highest BCUT2D eigenvalue weighted by molar-refractivity contribution is 7.09.